The molecule has 0 aromatic rings. The molecule has 148 valence electrons. The van der Waals surface area contributed by atoms with Crippen molar-refractivity contribution < 1.29 is 9.47 Å². The minimum Gasteiger partial charge on any atom is -0.379 e. The van der Waals surface area contributed by atoms with Crippen LogP contribution in [0, 0.1) is 0 Å². The van der Waals surface area contributed by atoms with E-state index in [1.807, 2.05) is 0 Å². The van der Waals surface area contributed by atoms with E-state index in [2.05, 4.69) is 41.2 Å². The van der Waals surface area contributed by atoms with Crippen LogP contribution in [0.5, 0.6) is 0 Å². The highest BCUT2D eigenvalue weighted by Gasteiger charge is 2.28. The lowest BCUT2D eigenvalue weighted by atomic mass is 10.0. The number of nitrogens with one attached hydrogen (secondary N) is 2. The molecule has 0 bridgehead atoms. The molecule has 0 aromatic heterocycles. The standard InChI is InChI=1S/C17H35N5O2.HI/c1-4-18-16(19-5-6-21-7-11-23-12-8-21)20-15-17(2,3)22-9-13-24-14-10-22;/h4-15H2,1-3H3,(H2,18,19,20);1H. The fourth-order valence-corrected chi connectivity index (χ4v) is 3.04. The first-order valence-electron chi connectivity index (χ1n) is 9.27. The molecular weight excluding hydrogens is 433 g/mol. The summed E-state index contributed by atoms with van der Waals surface area (Å²) in [5, 5.41) is 6.81. The third kappa shape index (κ3) is 8.38. The number of guanidine groups is 1. The lowest BCUT2D eigenvalue weighted by Gasteiger charge is -2.40. The molecular formula is C17H36IN5O2. The van der Waals surface area contributed by atoms with Crippen LogP contribution < -0.4 is 10.6 Å². The van der Waals surface area contributed by atoms with Gasteiger partial charge in [0.1, 0.15) is 0 Å². The Bertz CT molecular complexity index is 383. The Labute approximate surface area is 169 Å². The van der Waals surface area contributed by atoms with E-state index in [9.17, 15) is 0 Å². The fraction of sp³-hybridized carbons (Fsp3) is 0.941. The first-order chi connectivity index (χ1) is 11.6. The van der Waals surface area contributed by atoms with Crippen LogP contribution in [0.3, 0.4) is 0 Å². The van der Waals surface area contributed by atoms with Crippen molar-refractivity contribution in [3.05, 3.63) is 0 Å². The summed E-state index contributed by atoms with van der Waals surface area (Å²) in [5.74, 6) is 0.909. The SMILES string of the molecule is CCNC(=NCC(C)(C)N1CCOCC1)NCCN1CCOCC1.I. The number of nitrogens with zero attached hydrogens (tertiary/aromatic N) is 3. The van der Waals surface area contributed by atoms with Gasteiger partial charge in [-0.2, -0.15) is 0 Å². The van der Waals surface area contributed by atoms with Crippen molar-refractivity contribution in [1.82, 2.24) is 20.4 Å². The smallest absolute Gasteiger partial charge is 0.191 e. The van der Waals surface area contributed by atoms with Crippen molar-refractivity contribution in [3.63, 3.8) is 0 Å². The number of aliphatic imine (C=N–C) groups is 1. The van der Waals surface area contributed by atoms with Crippen molar-refractivity contribution in [2.75, 3.05) is 78.8 Å². The second kappa shape index (κ2) is 12.3. The molecule has 2 fully saturated rings. The molecule has 0 radical (unpaired) electrons. The number of hydrogen-bond donors (Lipinski definition) is 2. The van der Waals surface area contributed by atoms with Gasteiger partial charge in [0.05, 0.1) is 33.0 Å². The van der Waals surface area contributed by atoms with Gasteiger partial charge in [-0.25, -0.2) is 0 Å². The van der Waals surface area contributed by atoms with Crippen LogP contribution in [0.4, 0.5) is 0 Å². The maximum Gasteiger partial charge on any atom is 0.191 e. The van der Waals surface area contributed by atoms with Gasteiger partial charge in [-0.1, -0.05) is 0 Å². The summed E-state index contributed by atoms with van der Waals surface area (Å²) in [6, 6.07) is 0. The third-order valence-electron chi connectivity index (χ3n) is 4.66. The maximum absolute atomic E-state index is 5.45. The van der Waals surface area contributed by atoms with Crippen molar-refractivity contribution in [2.45, 2.75) is 26.3 Å². The summed E-state index contributed by atoms with van der Waals surface area (Å²) in [4.78, 5) is 9.71. The number of halogens is 1. The molecule has 8 heteroatoms. The summed E-state index contributed by atoms with van der Waals surface area (Å²) in [5.41, 5.74) is 0.0519. The van der Waals surface area contributed by atoms with Gasteiger partial charge in [-0.3, -0.25) is 14.8 Å². The predicted molar refractivity (Wildman–Crippen MR) is 113 cm³/mol. The lowest BCUT2D eigenvalue weighted by Crippen LogP contribution is -2.52. The largest absolute Gasteiger partial charge is 0.379 e. The van der Waals surface area contributed by atoms with Crippen LogP contribution in [0.2, 0.25) is 0 Å². The number of morpholine rings is 2. The fourth-order valence-electron chi connectivity index (χ4n) is 3.04. The van der Waals surface area contributed by atoms with Gasteiger partial charge in [0.25, 0.3) is 0 Å². The molecule has 0 amide bonds. The molecule has 25 heavy (non-hydrogen) atoms. The highest BCUT2D eigenvalue weighted by molar-refractivity contribution is 14.0. The second-order valence-electron chi connectivity index (χ2n) is 6.99. The predicted octanol–water partition coefficient (Wildman–Crippen LogP) is 0.603. The average molecular weight is 469 g/mol. The van der Waals surface area contributed by atoms with Gasteiger partial charge < -0.3 is 20.1 Å². The molecule has 7 nitrogen and oxygen atoms in total. The number of ether oxygens (including phenoxy) is 2. The molecule has 2 heterocycles. The van der Waals surface area contributed by atoms with E-state index in [1.54, 1.807) is 0 Å². The Hall–Kier alpha value is -0.160. The highest BCUT2D eigenvalue weighted by Crippen LogP contribution is 2.16. The van der Waals surface area contributed by atoms with E-state index in [0.29, 0.717) is 0 Å². The first kappa shape index (κ1) is 22.9. The molecule has 0 aromatic carbocycles. The zero-order valence-corrected chi connectivity index (χ0v) is 18.4. The van der Waals surface area contributed by atoms with Crippen LogP contribution >= 0.6 is 24.0 Å². The van der Waals surface area contributed by atoms with E-state index in [-0.39, 0.29) is 29.5 Å². The van der Waals surface area contributed by atoms with Crippen LogP contribution in [-0.2, 0) is 9.47 Å². The Morgan fingerprint density at radius 3 is 2.20 bits per heavy atom. The molecule has 0 aliphatic carbocycles. The Kier molecular flexibility index (Phi) is 11.2. The maximum atomic E-state index is 5.45. The van der Waals surface area contributed by atoms with E-state index >= 15 is 0 Å². The first-order valence-corrected chi connectivity index (χ1v) is 9.27. The Morgan fingerprint density at radius 1 is 1.00 bits per heavy atom. The molecule has 2 aliphatic heterocycles. The third-order valence-corrected chi connectivity index (χ3v) is 4.66. The quantitative estimate of drug-likeness (QED) is 0.324. The van der Waals surface area contributed by atoms with E-state index < -0.39 is 0 Å². The topological polar surface area (TPSA) is 61.4 Å². The van der Waals surface area contributed by atoms with Crippen LogP contribution in [0.25, 0.3) is 0 Å². The molecule has 2 saturated heterocycles. The van der Waals surface area contributed by atoms with Gasteiger partial charge in [0, 0.05) is 51.4 Å². The Morgan fingerprint density at radius 2 is 1.60 bits per heavy atom. The van der Waals surface area contributed by atoms with Crippen molar-refractivity contribution in [1.29, 1.82) is 0 Å². The van der Waals surface area contributed by atoms with Crippen LogP contribution in [0.15, 0.2) is 4.99 Å². The van der Waals surface area contributed by atoms with Gasteiger partial charge in [-0.15, -0.1) is 24.0 Å². The van der Waals surface area contributed by atoms with E-state index in [0.717, 1.165) is 84.7 Å². The molecule has 2 N–H and O–H groups in total. The van der Waals surface area contributed by atoms with Crippen LogP contribution in [-0.4, -0.2) is 100 Å². The van der Waals surface area contributed by atoms with Crippen molar-refractivity contribution in [2.24, 2.45) is 4.99 Å². The minimum atomic E-state index is 0. The summed E-state index contributed by atoms with van der Waals surface area (Å²) in [6.45, 7) is 17.6. The molecule has 0 saturated carbocycles. The van der Waals surface area contributed by atoms with Crippen LogP contribution in [0.1, 0.15) is 20.8 Å². The molecule has 0 unspecified atom stereocenters. The molecule has 2 rings (SSSR count). The normalized spacial score (nSPS) is 20.8. The van der Waals surface area contributed by atoms with Crippen molar-refractivity contribution in [3.8, 4) is 0 Å². The zero-order chi connectivity index (χ0) is 17.3. The Balaban J connectivity index is 0.00000312. The molecule has 0 atom stereocenters. The van der Waals surface area contributed by atoms with Gasteiger partial charge in [0.15, 0.2) is 5.96 Å². The summed E-state index contributed by atoms with van der Waals surface area (Å²) >= 11 is 0. The number of hydrogen-bond acceptors (Lipinski definition) is 5. The second-order valence-corrected chi connectivity index (χ2v) is 6.99. The van der Waals surface area contributed by atoms with Gasteiger partial charge in [-0.05, 0) is 20.8 Å². The zero-order valence-electron chi connectivity index (χ0n) is 16.1. The lowest BCUT2D eigenvalue weighted by molar-refractivity contribution is -0.00684. The summed E-state index contributed by atoms with van der Waals surface area (Å²) < 4.78 is 10.8. The summed E-state index contributed by atoms with van der Waals surface area (Å²) in [6.07, 6.45) is 0. The number of rotatable bonds is 7. The average Bonchev–Trinajstić information content (AvgIpc) is 2.61. The summed E-state index contributed by atoms with van der Waals surface area (Å²) in [7, 11) is 0. The van der Waals surface area contributed by atoms with Crippen molar-refractivity contribution >= 4 is 29.9 Å². The van der Waals surface area contributed by atoms with Gasteiger partial charge in [0.2, 0.25) is 0 Å². The molecule has 0 spiro atoms. The monoisotopic (exact) mass is 469 g/mol. The molecule has 2 aliphatic rings. The van der Waals surface area contributed by atoms with Gasteiger partial charge >= 0.3 is 0 Å². The van der Waals surface area contributed by atoms with E-state index in [1.165, 1.54) is 0 Å². The highest BCUT2D eigenvalue weighted by atomic mass is 127. The minimum absolute atomic E-state index is 0. The van der Waals surface area contributed by atoms with E-state index in [4.69, 9.17) is 14.5 Å².